The summed E-state index contributed by atoms with van der Waals surface area (Å²) in [6, 6.07) is 9.88. The minimum atomic E-state index is -0.287. The Labute approximate surface area is 105 Å². The number of ether oxygens (including phenoxy) is 1. The molecule has 18 heavy (non-hydrogen) atoms. The summed E-state index contributed by atoms with van der Waals surface area (Å²) in [5.74, 6) is 0.408. The smallest absolute Gasteiger partial charge is 0.125 e. The lowest BCUT2D eigenvalue weighted by atomic mass is 10.1. The molecule has 0 atom stereocenters. The molecule has 2 aromatic carbocycles. The van der Waals surface area contributed by atoms with E-state index in [9.17, 15) is 4.39 Å². The van der Waals surface area contributed by atoms with Crippen LogP contribution in [-0.4, -0.2) is 7.11 Å². The van der Waals surface area contributed by atoms with Crippen LogP contribution in [0.2, 0.25) is 0 Å². The Morgan fingerprint density at radius 2 is 1.89 bits per heavy atom. The molecule has 0 saturated carbocycles. The molecule has 0 fully saturated rings. The van der Waals surface area contributed by atoms with Crippen molar-refractivity contribution in [3.05, 3.63) is 47.8 Å². The summed E-state index contributed by atoms with van der Waals surface area (Å²) in [5.41, 5.74) is 8.78. The standard InChI is InChI=1S/C14H15FN2O/c1-9-3-4-10(15)7-13(9)17-14-8-11(18-2)5-6-12(14)16/h3-8,17H,16H2,1-2H3. The number of hydrogen-bond acceptors (Lipinski definition) is 3. The fraction of sp³-hybridized carbons (Fsp3) is 0.143. The third kappa shape index (κ3) is 2.53. The zero-order valence-corrected chi connectivity index (χ0v) is 10.3. The molecule has 0 heterocycles. The van der Waals surface area contributed by atoms with Crippen molar-refractivity contribution in [1.82, 2.24) is 0 Å². The quantitative estimate of drug-likeness (QED) is 0.815. The van der Waals surface area contributed by atoms with Crippen LogP contribution in [0.15, 0.2) is 36.4 Å². The highest BCUT2D eigenvalue weighted by Crippen LogP contribution is 2.29. The van der Waals surface area contributed by atoms with Crippen LogP contribution in [0.5, 0.6) is 5.75 Å². The van der Waals surface area contributed by atoms with Gasteiger partial charge in [-0.3, -0.25) is 0 Å². The summed E-state index contributed by atoms with van der Waals surface area (Å²) in [6.07, 6.45) is 0. The van der Waals surface area contributed by atoms with Crippen molar-refractivity contribution in [1.29, 1.82) is 0 Å². The van der Waals surface area contributed by atoms with E-state index in [1.54, 1.807) is 31.4 Å². The van der Waals surface area contributed by atoms with Gasteiger partial charge in [0, 0.05) is 11.8 Å². The van der Waals surface area contributed by atoms with E-state index < -0.39 is 0 Å². The van der Waals surface area contributed by atoms with Crippen LogP contribution in [-0.2, 0) is 0 Å². The minimum Gasteiger partial charge on any atom is -0.497 e. The molecule has 0 aliphatic rings. The molecule has 0 aromatic heterocycles. The molecule has 0 saturated heterocycles. The summed E-state index contributed by atoms with van der Waals surface area (Å²) in [7, 11) is 1.59. The van der Waals surface area contributed by atoms with Crippen molar-refractivity contribution in [3.8, 4) is 5.75 Å². The van der Waals surface area contributed by atoms with E-state index in [4.69, 9.17) is 10.5 Å². The number of hydrogen-bond donors (Lipinski definition) is 2. The lowest BCUT2D eigenvalue weighted by Gasteiger charge is -2.13. The second-order valence-electron chi connectivity index (χ2n) is 4.04. The fourth-order valence-electron chi connectivity index (χ4n) is 1.64. The van der Waals surface area contributed by atoms with Gasteiger partial charge in [0.05, 0.1) is 18.5 Å². The predicted octanol–water partition coefficient (Wildman–Crippen LogP) is 3.47. The zero-order chi connectivity index (χ0) is 13.1. The Morgan fingerprint density at radius 1 is 1.11 bits per heavy atom. The maximum atomic E-state index is 13.2. The first-order valence-corrected chi connectivity index (χ1v) is 5.57. The first-order valence-electron chi connectivity index (χ1n) is 5.57. The van der Waals surface area contributed by atoms with Crippen LogP contribution in [0.3, 0.4) is 0 Å². The van der Waals surface area contributed by atoms with Crippen molar-refractivity contribution in [3.63, 3.8) is 0 Å². The van der Waals surface area contributed by atoms with Crippen molar-refractivity contribution in [2.75, 3.05) is 18.2 Å². The number of anilines is 3. The van der Waals surface area contributed by atoms with Gasteiger partial charge in [-0.15, -0.1) is 0 Å². The van der Waals surface area contributed by atoms with Crippen LogP contribution in [0.4, 0.5) is 21.5 Å². The van der Waals surface area contributed by atoms with Crippen LogP contribution < -0.4 is 15.8 Å². The Hall–Kier alpha value is -2.23. The summed E-state index contributed by atoms with van der Waals surface area (Å²) in [6.45, 7) is 1.90. The highest BCUT2D eigenvalue weighted by atomic mass is 19.1. The van der Waals surface area contributed by atoms with E-state index in [1.165, 1.54) is 12.1 Å². The van der Waals surface area contributed by atoms with E-state index in [-0.39, 0.29) is 5.82 Å². The molecule has 94 valence electrons. The number of rotatable bonds is 3. The van der Waals surface area contributed by atoms with E-state index in [2.05, 4.69) is 5.32 Å². The third-order valence-corrected chi connectivity index (χ3v) is 2.73. The van der Waals surface area contributed by atoms with Crippen molar-refractivity contribution >= 4 is 17.1 Å². The molecule has 0 radical (unpaired) electrons. The Morgan fingerprint density at radius 3 is 2.61 bits per heavy atom. The molecule has 0 amide bonds. The van der Waals surface area contributed by atoms with Gasteiger partial charge in [0.25, 0.3) is 0 Å². The normalized spacial score (nSPS) is 10.2. The molecule has 0 aliphatic carbocycles. The van der Waals surface area contributed by atoms with Gasteiger partial charge in [0.15, 0.2) is 0 Å². The van der Waals surface area contributed by atoms with Gasteiger partial charge in [-0.05, 0) is 36.8 Å². The summed E-state index contributed by atoms with van der Waals surface area (Å²) in [5, 5.41) is 3.11. The molecule has 0 bridgehead atoms. The second-order valence-corrected chi connectivity index (χ2v) is 4.04. The third-order valence-electron chi connectivity index (χ3n) is 2.73. The van der Waals surface area contributed by atoms with E-state index >= 15 is 0 Å². The number of nitrogens with one attached hydrogen (secondary N) is 1. The SMILES string of the molecule is COc1ccc(N)c(Nc2cc(F)ccc2C)c1. The number of benzene rings is 2. The number of halogens is 1. The molecule has 2 aromatic rings. The fourth-order valence-corrected chi connectivity index (χ4v) is 1.64. The number of nitrogens with two attached hydrogens (primary N) is 1. The first kappa shape index (κ1) is 12.2. The molecule has 4 heteroatoms. The van der Waals surface area contributed by atoms with Crippen LogP contribution >= 0.6 is 0 Å². The predicted molar refractivity (Wildman–Crippen MR) is 71.8 cm³/mol. The van der Waals surface area contributed by atoms with Gasteiger partial charge >= 0.3 is 0 Å². The molecular weight excluding hydrogens is 231 g/mol. The highest BCUT2D eigenvalue weighted by molar-refractivity contribution is 5.75. The Bertz CT molecular complexity index is 570. The van der Waals surface area contributed by atoms with Crippen LogP contribution in [0.25, 0.3) is 0 Å². The summed E-state index contributed by atoms with van der Waals surface area (Å²) >= 11 is 0. The average molecular weight is 246 g/mol. The molecule has 3 nitrogen and oxygen atoms in total. The molecule has 2 rings (SSSR count). The van der Waals surface area contributed by atoms with Gasteiger partial charge in [0.2, 0.25) is 0 Å². The number of methoxy groups -OCH3 is 1. The molecule has 0 unspecified atom stereocenters. The summed E-state index contributed by atoms with van der Waals surface area (Å²) < 4.78 is 18.3. The maximum absolute atomic E-state index is 13.2. The topological polar surface area (TPSA) is 47.3 Å². The Balaban J connectivity index is 2.36. The number of nitrogen functional groups attached to an aromatic ring is 1. The Kier molecular flexibility index (Phi) is 3.37. The average Bonchev–Trinajstić information content (AvgIpc) is 2.36. The highest BCUT2D eigenvalue weighted by Gasteiger charge is 2.05. The van der Waals surface area contributed by atoms with Crippen molar-refractivity contribution in [2.24, 2.45) is 0 Å². The lowest BCUT2D eigenvalue weighted by Crippen LogP contribution is -1.99. The van der Waals surface area contributed by atoms with Gasteiger partial charge < -0.3 is 15.8 Å². The minimum absolute atomic E-state index is 0.287. The maximum Gasteiger partial charge on any atom is 0.125 e. The van der Waals surface area contributed by atoms with Crippen LogP contribution in [0.1, 0.15) is 5.56 Å². The zero-order valence-electron chi connectivity index (χ0n) is 10.3. The lowest BCUT2D eigenvalue weighted by molar-refractivity contribution is 0.415. The monoisotopic (exact) mass is 246 g/mol. The van der Waals surface area contributed by atoms with Gasteiger partial charge in [-0.2, -0.15) is 0 Å². The van der Waals surface area contributed by atoms with E-state index in [0.717, 1.165) is 5.56 Å². The largest absolute Gasteiger partial charge is 0.497 e. The molecule has 0 spiro atoms. The van der Waals surface area contributed by atoms with Gasteiger partial charge in [-0.1, -0.05) is 6.07 Å². The first-order chi connectivity index (χ1) is 8.60. The summed E-state index contributed by atoms with van der Waals surface area (Å²) in [4.78, 5) is 0. The number of aryl methyl sites for hydroxylation is 1. The van der Waals surface area contributed by atoms with Crippen molar-refractivity contribution in [2.45, 2.75) is 6.92 Å². The van der Waals surface area contributed by atoms with Crippen molar-refractivity contribution < 1.29 is 9.13 Å². The van der Waals surface area contributed by atoms with Gasteiger partial charge in [-0.25, -0.2) is 4.39 Å². The van der Waals surface area contributed by atoms with E-state index in [0.29, 0.717) is 22.8 Å². The molecular formula is C14H15FN2O. The van der Waals surface area contributed by atoms with E-state index in [1.807, 2.05) is 6.92 Å². The van der Waals surface area contributed by atoms with Crippen LogP contribution in [0, 0.1) is 12.7 Å². The molecule has 0 aliphatic heterocycles. The molecule has 3 N–H and O–H groups in total. The van der Waals surface area contributed by atoms with Gasteiger partial charge in [0.1, 0.15) is 11.6 Å². The second kappa shape index (κ2) is 4.96.